The van der Waals surface area contributed by atoms with Gasteiger partial charge in [-0.2, -0.15) is 0 Å². The minimum absolute atomic E-state index is 0.0253. The van der Waals surface area contributed by atoms with E-state index in [2.05, 4.69) is 46.7 Å². The van der Waals surface area contributed by atoms with E-state index < -0.39 is 17.2 Å². The second-order valence-electron chi connectivity index (χ2n) is 10.1. The van der Waals surface area contributed by atoms with Gasteiger partial charge in [-0.25, -0.2) is 4.79 Å². The van der Waals surface area contributed by atoms with Crippen molar-refractivity contribution in [3.05, 3.63) is 85.4 Å². The summed E-state index contributed by atoms with van der Waals surface area (Å²) in [7, 11) is 0. The Bertz CT molecular complexity index is 821. The predicted octanol–water partition coefficient (Wildman–Crippen LogP) is 7.93. The van der Waals surface area contributed by atoms with Crippen LogP contribution in [0.3, 0.4) is 0 Å². The Kier molecular flexibility index (Phi) is 12.0. The number of carbonyl (C=O) groups excluding carboxylic acids is 1. The molecular formula is C29H44O4. The third-order valence-corrected chi connectivity index (χ3v) is 5.25. The molecule has 2 unspecified atom stereocenters. The summed E-state index contributed by atoms with van der Waals surface area (Å²) in [6, 6.07) is 0. The Balaban J connectivity index is 4.75. The van der Waals surface area contributed by atoms with E-state index in [4.69, 9.17) is 9.47 Å². The molecule has 0 rings (SSSR count). The fourth-order valence-corrected chi connectivity index (χ4v) is 3.43. The SMILES string of the molecule is C=C(O)/C=C\C(=C)C(C)CCC(C)C(=C)/C=C\C(=C)OC(C)(C)CC(C)(C)OC(=O)C(=C)C. The second-order valence-corrected chi connectivity index (χ2v) is 10.1. The molecule has 2 atom stereocenters. The third-order valence-electron chi connectivity index (χ3n) is 5.25. The topological polar surface area (TPSA) is 55.8 Å². The van der Waals surface area contributed by atoms with Crippen LogP contribution in [-0.2, 0) is 14.3 Å². The number of hydrogen-bond donors (Lipinski definition) is 1. The molecule has 0 aliphatic rings. The van der Waals surface area contributed by atoms with Crippen LogP contribution in [0.2, 0.25) is 0 Å². The Morgan fingerprint density at radius 3 is 1.67 bits per heavy atom. The molecule has 0 fully saturated rings. The van der Waals surface area contributed by atoms with Crippen LogP contribution in [0, 0.1) is 11.8 Å². The molecule has 0 radical (unpaired) electrons. The van der Waals surface area contributed by atoms with Crippen molar-refractivity contribution in [2.24, 2.45) is 11.8 Å². The Morgan fingerprint density at radius 1 is 0.818 bits per heavy atom. The van der Waals surface area contributed by atoms with Crippen LogP contribution >= 0.6 is 0 Å². The van der Waals surface area contributed by atoms with Crippen LogP contribution in [-0.4, -0.2) is 22.3 Å². The number of ether oxygens (including phenoxy) is 2. The smallest absolute Gasteiger partial charge is 0.333 e. The van der Waals surface area contributed by atoms with Gasteiger partial charge >= 0.3 is 5.97 Å². The normalized spacial score (nSPS) is 14.0. The minimum Gasteiger partial charge on any atom is -0.509 e. The van der Waals surface area contributed by atoms with E-state index in [9.17, 15) is 9.90 Å². The molecule has 0 aliphatic heterocycles. The van der Waals surface area contributed by atoms with Crippen LogP contribution in [0.25, 0.3) is 0 Å². The number of aliphatic hydroxyl groups is 1. The van der Waals surface area contributed by atoms with Crippen molar-refractivity contribution < 1.29 is 19.4 Å². The molecule has 0 aromatic carbocycles. The monoisotopic (exact) mass is 456 g/mol. The second kappa shape index (κ2) is 13.1. The highest BCUT2D eigenvalue weighted by Crippen LogP contribution is 2.29. The molecule has 184 valence electrons. The maximum Gasteiger partial charge on any atom is 0.333 e. The van der Waals surface area contributed by atoms with Crippen molar-refractivity contribution in [1.29, 1.82) is 0 Å². The first kappa shape index (κ1) is 30.2. The molecule has 0 spiro atoms. The first-order valence-electron chi connectivity index (χ1n) is 11.3. The molecule has 0 aromatic rings. The minimum atomic E-state index is -0.706. The lowest BCUT2D eigenvalue weighted by Gasteiger charge is -2.35. The van der Waals surface area contributed by atoms with Crippen molar-refractivity contribution >= 4 is 5.97 Å². The van der Waals surface area contributed by atoms with Gasteiger partial charge in [-0.3, -0.25) is 0 Å². The highest BCUT2D eigenvalue weighted by Gasteiger charge is 2.33. The fraction of sp³-hybridized carbons (Fsp3) is 0.483. The molecule has 1 N–H and O–H groups in total. The van der Waals surface area contributed by atoms with E-state index in [0.29, 0.717) is 23.7 Å². The summed E-state index contributed by atoms with van der Waals surface area (Å²) in [6.45, 7) is 32.8. The van der Waals surface area contributed by atoms with Crippen molar-refractivity contribution in [2.45, 2.75) is 78.9 Å². The van der Waals surface area contributed by atoms with E-state index >= 15 is 0 Å². The molecular weight excluding hydrogens is 412 g/mol. The summed E-state index contributed by atoms with van der Waals surface area (Å²) in [5, 5.41) is 9.18. The van der Waals surface area contributed by atoms with Gasteiger partial charge in [0, 0.05) is 12.0 Å². The van der Waals surface area contributed by atoms with Crippen LogP contribution in [0.4, 0.5) is 0 Å². The van der Waals surface area contributed by atoms with Crippen molar-refractivity contribution in [2.75, 3.05) is 0 Å². The summed E-state index contributed by atoms with van der Waals surface area (Å²) in [5.41, 5.74) is 1.02. The Morgan fingerprint density at radius 2 is 1.24 bits per heavy atom. The molecule has 0 saturated heterocycles. The standard InChI is InChI=1S/C29H44O4/c1-20(2)27(31)33-29(11,12)19-28(9,10)32-26(8)18-16-24(6)22(4)14-13-21(3)23(5)15-17-25(7)30/h15-18,21-22,30H,1,5-8,13-14,19H2,2-4,9-12H3/b17-15-,18-16-. The largest absolute Gasteiger partial charge is 0.509 e. The number of aliphatic hydroxyl groups excluding tert-OH is 1. The Labute approximate surface area is 201 Å². The summed E-state index contributed by atoms with van der Waals surface area (Å²) in [5.74, 6) is 0.715. The molecule has 0 bridgehead atoms. The maximum atomic E-state index is 11.9. The van der Waals surface area contributed by atoms with Gasteiger partial charge in [0.2, 0.25) is 0 Å². The maximum absolute atomic E-state index is 11.9. The van der Waals surface area contributed by atoms with E-state index in [1.165, 1.54) is 0 Å². The van der Waals surface area contributed by atoms with Crippen LogP contribution in [0.1, 0.15) is 67.7 Å². The first-order chi connectivity index (χ1) is 15.0. The fourth-order valence-electron chi connectivity index (χ4n) is 3.43. The first-order valence-corrected chi connectivity index (χ1v) is 11.3. The van der Waals surface area contributed by atoms with Crippen molar-refractivity contribution in [3.8, 4) is 0 Å². The van der Waals surface area contributed by atoms with Crippen LogP contribution in [0.5, 0.6) is 0 Å². The van der Waals surface area contributed by atoms with Crippen molar-refractivity contribution in [1.82, 2.24) is 0 Å². The number of esters is 1. The molecule has 0 saturated carbocycles. The Hall–Kier alpha value is -2.75. The number of hydrogen-bond acceptors (Lipinski definition) is 4. The lowest BCUT2D eigenvalue weighted by molar-refractivity contribution is -0.156. The zero-order valence-corrected chi connectivity index (χ0v) is 21.8. The van der Waals surface area contributed by atoms with Gasteiger partial charge in [-0.1, -0.05) is 70.0 Å². The van der Waals surface area contributed by atoms with E-state index in [1.54, 1.807) is 19.1 Å². The third kappa shape index (κ3) is 13.4. The lowest BCUT2D eigenvalue weighted by Crippen LogP contribution is -2.38. The van der Waals surface area contributed by atoms with E-state index in [1.807, 2.05) is 39.8 Å². The van der Waals surface area contributed by atoms with Gasteiger partial charge in [-0.15, -0.1) is 0 Å². The molecule has 0 amide bonds. The summed E-state index contributed by atoms with van der Waals surface area (Å²) in [4.78, 5) is 11.9. The molecule has 33 heavy (non-hydrogen) atoms. The van der Waals surface area contributed by atoms with Crippen LogP contribution in [0.15, 0.2) is 85.4 Å². The number of rotatable bonds is 15. The van der Waals surface area contributed by atoms with Gasteiger partial charge < -0.3 is 14.6 Å². The van der Waals surface area contributed by atoms with Gasteiger partial charge in [0.1, 0.15) is 22.7 Å². The van der Waals surface area contributed by atoms with Gasteiger partial charge in [-0.05, 0) is 71.4 Å². The summed E-state index contributed by atoms with van der Waals surface area (Å²) in [6.07, 6.45) is 9.52. The number of carbonyl (C=O) groups is 1. The lowest BCUT2D eigenvalue weighted by atomic mass is 9.89. The van der Waals surface area contributed by atoms with Gasteiger partial charge in [0.05, 0.1) is 0 Å². The van der Waals surface area contributed by atoms with Gasteiger partial charge in [0.15, 0.2) is 0 Å². The molecule has 4 heteroatoms. The quantitative estimate of drug-likeness (QED) is 0.118. The average Bonchev–Trinajstić information content (AvgIpc) is 2.65. The zero-order valence-electron chi connectivity index (χ0n) is 21.8. The zero-order chi connectivity index (χ0) is 26.0. The molecule has 0 aromatic heterocycles. The average molecular weight is 457 g/mol. The molecule has 4 nitrogen and oxygen atoms in total. The summed E-state index contributed by atoms with van der Waals surface area (Å²) >= 11 is 0. The summed E-state index contributed by atoms with van der Waals surface area (Å²) < 4.78 is 11.6. The van der Waals surface area contributed by atoms with Crippen molar-refractivity contribution in [3.63, 3.8) is 0 Å². The predicted molar refractivity (Wildman–Crippen MR) is 140 cm³/mol. The van der Waals surface area contributed by atoms with Crippen LogP contribution < -0.4 is 0 Å². The molecule has 0 aliphatic carbocycles. The molecule has 0 heterocycles. The number of allylic oxidation sites excluding steroid dienone is 6. The van der Waals surface area contributed by atoms with E-state index in [-0.39, 0.29) is 11.7 Å². The highest BCUT2D eigenvalue weighted by atomic mass is 16.6. The van der Waals surface area contributed by atoms with Gasteiger partial charge in [0.25, 0.3) is 0 Å². The van der Waals surface area contributed by atoms with E-state index in [0.717, 1.165) is 24.0 Å². The highest BCUT2D eigenvalue weighted by molar-refractivity contribution is 5.87.